The summed E-state index contributed by atoms with van der Waals surface area (Å²) in [7, 11) is 0. The van der Waals surface area contributed by atoms with Gasteiger partial charge in [-0.3, -0.25) is 9.59 Å². The van der Waals surface area contributed by atoms with Crippen LogP contribution in [0.2, 0.25) is 5.02 Å². The van der Waals surface area contributed by atoms with E-state index in [1.165, 1.54) is 12.1 Å². The molecule has 3 rings (SSSR count). The standard InChI is InChI=1S/C19H18ClFN2O2/c20-14-5-3-4-13(12-14)18(24)22-15-8-10-23(11-9-15)19(25)16-6-1-2-7-17(16)21/h1-7,12,15H,8-11H2,(H,22,24). The van der Waals surface area contributed by atoms with E-state index in [1.54, 1.807) is 41.3 Å². The lowest BCUT2D eigenvalue weighted by molar-refractivity contribution is 0.0693. The van der Waals surface area contributed by atoms with Gasteiger partial charge in [-0.1, -0.05) is 29.8 Å². The van der Waals surface area contributed by atoms with Gasteiger partial charge in [0.05, 0.1) is 5.56 Å². The van der Waals surface area contributed by atoms with Crippen molar-refractivity contribution in [3.63, 3.8) is 0 Å². The Kier molecular flexibility index (Phi) is 5.34. The van der Waals surface area contributed by atoms with E-state index in [9.17, 15) is 14.0 Å². The summed E-state index contributed by atoms with van der Waals surface area (Å²) in [6.45, 7) is 0.960. The molecule has 0 atom stereocenters. The molecule has 2 aromatic carbocycles. The van der Waals surface area contributed by atoms with Crippen molar-refractivity contribution in [1.82, 2.24) is 10.2 Å². The van der Waals surface area contributed by atoms with Gasteiger partial charge in [-0.15, -0.1) is 0 Å². The molecule has 1 saturated heterocycles. The van der Waals surface area contributed by atoms with Crippen molar-refractivity contribution in [2.24, 2.45) is 0 Å². The summed E-state index contributed by atoms with van der Waals surface area (Å²) in [4.78, 5) is 26.3. The average Bonchev–Trinajstić information content (AvgIpc) is 2.62. The Morgan fingerprint density at radius 1 is 1.08 bits per heavy atom. The summed E-state index contributed by atoms with van der Waals surface area (Å²) >= 11 is 5.90. The molecule has 1 aliphatic rings. The summed E-state index contributed by atoms with van der Waals surface area (Å²) in [6, 6.07) is 12.7. The first-order chi connectivity index (χ1) is 12.0. The van der Waals surface area contributed by atoms with Crippen LogP contribution < -0.4 is 5.32 Å². The number of carbonyl (C=O) groups excluding carboxylic acids is 2. The van der Waals surface area contributed by atoms with E-state index in [-0.39, 0.29) is 23.4 Å². The third-order valence-electron chi connectivity index (χ3n) is 4.31. The smallest absolute Gasteiger partial charge is 0.256 e. The molecule has 1 fully saturated rings. The molecule has 6 heteroatoms. The first-order valence-electron chi connectivity index (χ1n) is 8.15. The number of hydrogen-bond acceptors (Lipinski definition) is 2. The van der Waals surface area contributed by atoms with E-state index in [0.29, 0.717) is 36.5 Å². The maximum atomic E-state index is 13.7. The molecule has 2 amide bonds. The third kappa shape index (κ3) is 4.17. The number of nitrogens with zero attached hydrogens (tertiary/aromatic N) is 1. The van der Waals surface area contributed by atoms with Crippen LogP contribution >= 0.6 is 11.6 Å². The van der Waals surface area contributed by atoms with E-state index in [2.05, 4.69) is 5.32 Å². The van der Waals surface area contributed by atoms with Gasteiger partial charge in [0.1, 0.15) is 5.82 Å². The molecule has 0 aromatic heterocycles. The average molecular weight is 361 g/mol. The van der Waals surface area contributed by atoms with Gasteiger partial charge in [-0.05, 0) is 43.2 Å². The molecule has 0 unspecified atom stereocenters. The molecule has 1 heterocycles. The second-order valence-electron chi connectivity index (χ2n) is 6.03. The second-order valence-corrected chi connectivity index (χ2v) is 6.47. The number of hydrogen-bond donors (Lipinski definition) is 1. The topological polar surface area (TPSA) is 49.4 Å². The van der Waals surface area contributed by atoms with Crippen molar-refractivity contribution >= 4 is 23.4 Å². The third-order valence-corrected chi connectivity index (χ3v) is 4.54. The summed E-state index contributed by atoms with van der Waals surface area (Å²) < 4.78 is 13.7. The van der Waals surface area contributed by atoms with Gasteiger partial charge in [0.2, 0.25) is 0 Å². The van der Waals surface area contributed by atoms with Gasteiger partial charge in [0.15, 0.2) is 0 Å². The minimum absolute atomic E-state index is 0.0175. The molecule has 2 aromatic rings. The summed E-state index contributed by atoms with van der Waals surface area (Å²) in [5.41, 5.74) is 0.598. The van der Waals surface area contributed by atoms with Gasteiger partial charge in [-0.2, -0.15) is 0 Å². The van der Waals surface area contributed by atoms with Gasteiger partial charge >= 0.3 is 0 Å². The predicted octanol–water partition coefficient (Wildman–Crippen LogP) is 3.51. The van der Waals surface area contributed by atoms with Crippen molar-refractivity contribution in [2.45, 2.75) is 18.9 Å². The number of piperidine rings is 1. The van der Waals surface area contributed by atoms with Crippen LogP contribution in [0.15, 0.2) is 48.5 Å². The Bertz CT molecular complexity index is 788. The fourth-order valence-corrected chi connectivity index (χ4v) is 3.12. The molecule has 0 saturated carbocycles. The number of amides is 2. The van der Waals surface area contributed by atoms with E-state index in [4.69, 9.17) is 11.6 Å². The normalized spacial score (nSPS) is 15.0. The fraction of sp³-hybridized carbons (Fsp3) is 0.263. The van der Waals surface area contributed by atoms with Crippen molar-refractivity contribution in [2.75, 3.05) is 13.1 Å². The minimum atomic E-state index is -0.510. The molecule has 25 heavy (non-hydrogen) atoms. The minimum Gasteiger partial charge on any atom is -0.349 e. The van der Waals surface area contributed by atoms with Crippen LogP contribution in [0.25, 0.3) is 0 Å². The summed E-state index contributed by atoms with van der Waals surface area (Å²) in [6.07, 6.45) is 1.26. The first kappa shape index (κ1) is 17.4. The Morgan fingerprint density at radius 3 is 2.48 bits per heavy atom. The van der Waals surface area contributed by atoms with Crippen molar-refractivity contribution in [1.29, 1.82) is 0 Å². The number of carbonyl (C=O) groups is 2. The number of likely N-dealkylation sites (tertiary alicyclic amines) is 1. The van der Waals surface area contributed by atoms with Gasteiger partial charge in [0, 0.05) is 29.7 Å². The number of benzene rings is 2. The Hall–Kier alpha value is -2.40. The summed E-state index contributed by atoms with van der Waals surface area (Å²) in [5, 5.41) is 3.48. The van der Waals surface area contributed by atoms with Gasteiger partial charge in [0.25, 0.3) is 11.8 Å². The Morgan fingerprint density at radius 2 is 1.80 bits per heavy atom. The van der Waals surface area contributed by atoms with Crippen LogP contribution in [0.5, 0.6) is 0 Å². The molecule has 0 aliphatic carbocycles. The number of rotatable bonds is 3. The largest absolute Gasteiger partial charge is 0.349 e. The zero-order valence-electron chi connectivity index (χ0n) is 13.5. The van der Waals surface area contributed by atoms with E-state index >= 15 is 0 Å². The zero-order valence-corrected chi connectivity index (χ0v) is 14.3. The highest BCUT2D eigenvalue weighted by Gasteiger charge is 2.26. The summed E-state index contributed by atoms with van der Waals surface area (Å²) in [5.74, 6) is -0.997. The van der Waals surface area contributed by atoms with Crippen LogP contribution in [0, 0.1) is 5.82 Å². The Balaban J connectivity index is 1.56. The molecule has 0 bridgehead atoms. The lowest BCUT2D eigenvalue weighted by Crippen LogP contribution is -2.46. The van der Waals surface area contributed by atoms with E-state index in [1.807, 2.05) is 0 Å². The molecule has 0 radical (unpaired) electrons. The second kappa shape index (κ2) is 7.66. The Labute approximate surface area is 150 Å². The predicted molar refractivity (Wildman–Crippen MR) is 94.2 cm³/mol. The van der Waals surface area contributed by atoms with Crippen LogP contribution in [-0.4, -0.2) is 35.8 Å². The maximum absolute atomic E-state index is 13.7. The highest BCUT2D eigenvalue weighted by Crippen LogP contribution is 2.17. The highest BCUT2D eigenvalue weighted by molar-refractivity contribution is 6.30. The lowest BCUT2D eigenvalue weighted by atomic mass is 10.0. The van der Waals surface area contributed by atoms with Gasteiger partial charge < -0.3 is 10.2 Å². The van der Waals surface area contributed by atoms with Crippen molar-refractivity contribution in [3.05, 3.63) is 70.5 Å². The molecule has 130 valence electrons. The molecule has 1 aliphatic heterocycles. The molecular weight excluding hydrogens is 343 g/mol. The van der Waals surface area contributed by atoms with Crippen LogP contribution in [0.1, 0.15) is 33.6 Å². The quantitative estimate of drug-likeness (QED) is 0.910. The fourth-order valence-electron chi connectivity index (χ4n) is 2.93. The van der Waals surface area contributed by atoms with Crippen LogP contribution in [0.4, 0.5) is 4.39 Å². The van der Waals surface area contributed by atoms with Gasteiger partial charge in [-0.25, -0.2) is 4.39 Å². The molecule has 4 nitrogen and oxygen atoms in total. The van der Waals surface area contributed by atoms with Crippen LogP contribution in [-0.2, 0) is 0 Å². The molecular formula is C19H18ClFN2O2. The van der Waals surface area contributed by atoms with E-state index < -0.39 is 5.82 Å². The molecule has 0 spiro atoms. The number of halogens is 2. The lowest BCUT2D eigenvalue weighted by Gasteiger charge is -2.32. The maximum Gasteiger partial charge on any atom is 0.256 e. The van der Waals surface area contributed by atoms with E-state index in [0.717, 1.165) is 0 Å². The highest BCUT2D eigenvalue weighted by atomic mass is 35.5. The first-order valence-corrected chi connectivity index (χ1v) is 8.52. The van der Waals surface area contributed by atoms with Crippen LogP contribution in [0.3, 0.4) is 0 Å². The number of nitrogens with one attached hydrogen (secondary N) is 1. The monoisotopic (exact) mass is 360 g/mol. The zero-order chi connectivity index (χ0) is 17.8. The van der Waals surface area contributed by atoms with Crippen molar-refractivity contribution < 1.29 is 14.0 Å². The SMILES string of the molecule is O=C(NC1CCN(C(=O)c2ccccc2F)CC1)c1cccc(Cl)c1. The molecule has 1 N–H and O–H groups in total. The van der Waals surface area contributed by atoms with Crippen molar-refractivity contribution in [3.8, 4) is 0 Å².